The van der Waals surface area contributed by atoms with Crippen molar-refractivity contribution in [3.63, 3.8) is 0 Å². The van der Waals surface area contributed by atoms with Gasteiger partial charge in [-0.05, 0) is 75.3 Å². The Morgan fingerprint density at radius 2 is 1.34 bits per heavy atom. The molecule has 6 amide bonds. The molecule has 0 aromatic heterocycles. The van der Waals surface area contributed by atoms with Crippen molar-refractivity contribution in [1.29, 1.82) is 0 Å². The molecule has 0 saturated heterocycles. The number of fused-ring (bicyclic) bond motifs is 1. The highest BCUT2D eigenvalue weighted by Crippen LogP contribution is 2.25. The Morgan fingerprint density at radius 3 is 1.92 bits per heavy atom. The number of carbonyl (C=O) groups excluding carboxylic acids is 7. The van der Waals surface area contributed by atoms with Crippen LogP contribution < -0.4 is 49.1 Å². The Labute approximate surface area is 309 Å². The third-order valence-electron chi connectivity index (χ3n) is 8.30. The molecule has 17 heteroatoms. The van der Waals surface area contributed by atoms with Gasteiger partial charge in [-0.25, -0.2) is 0 Å². The summed E-state index contributed by atoms with van der Waals surface area (Å²) < 4.78 is 0. The van der Waals surface area contributed by atoms with Crippen molar-refractivity contribution in [2.24, 2.45) is 33.8 Å². The normalized spacial score (nSPS) is 14.4. The molecule has 53 heavy (non-hydrogen) atoms. The average Bonchev–Trinajstić information content (AvgIpc) is 3.10. The number of amides is 6. The number of benzene rings is 2. The van der Waals surface area contributed by atoms with Crippen molar-refractivity contribution >= 4 is 64.1 Å². The fourth-order valence-electron chi connectivity index (χ4n) is 5.38. The number of nitrogens with one attached hydrogen (secondary N) is 4. The average molecular weight is 739 g/mol. The van der Waals surface area contributed by atoms with Crippen molar-refractivity contribution in [3.8, 4) is 0 Å². The third-order valence-corrected chi connectivity index (χ3v) is 8.30. The summed E-state index contributed by atoms with van der Waals surface area (Å²) in [6, 6.07) is 6.46. The molecule has 0 bridgehead atoms. The zero-order valence-corrected chi connectivity index (χ0v) is 31.0. The molecule has 0 heterocycles. The molecular formula is C36H54N10O7. The van der Waals surface area contributed by atoms with Gasteiger partial charge in [-0.15, -0.1) is 0 Å². The van der Waals surface area contributed by atoms with Gasteiger partial charge in [0.25, 0.3) is 0 Å². The molecule has 12 N–H and O–H groups in total. The van der Waals surface area contributed by atoms with E-state index in [4.69, 9.17) is 22.9 Å². The third kappa shape index (κ3) is 14.2. The second-order valence-corrected chi connectivity index (χ2v) is 13.4. The minimum Gasteiger partial charge on any atom is -0.370 e. The lowest BCUT2D eigenvalue weighted by atomic mass is 10.0. The lowest BCUT2D eigenvalue weighted by molar-refractivity contribution is -0.134. The van der Waals surface area contributed by atoms with Crippen LogP contribution in [0.25, 0.3) is 10.8 Å². The van der Waals surface area contributed by atoms with E-state index in [0.29, 0.717) is 18.4 Å². The molecule has 2 rings (SSSR count). The maximum Gasteiger partial charge on any atom is 0.249 e. The Kier molecular flexibility index (Phi) is 17.3. The number of nitrogens with two attached hydrogens (primary N) is 4. The first-order valence-electron chi connectivity index (χ1n) is 17.5. The van der Waals surface area contributed by atoms with E-state index in [1.807, 2.05) is 44.2 Å². The number of primary amides is 1. The summed E-state index contributed by atoms with van der Waals surface area (Å²) in [7, 11) is 0. The molecule has 290 valence electrons. The first-order chi connectivity index (χ1) is 24.9. The standard InChI is InChI=1S/C36H54N10O7/c1-20(2)17-29(45-32(50)22(4)42-33(51)28(37)14-15-30(38)48)34(52)43-21(3)31(49)44-23(5)35(53)46(27(19-47)11-8-16-41-36(39)40)26-13-12-24-9-6-7-10-25(24)18-26/h6-7,9-10,12-13,18-23,27-29H,8,11,14-17,37H2,1-5H3,(H2,38,48)(H,42,51)(H,43,52)(H,44,49)(H,45,50)(H4,39,40,41)/t21-,22-,23-,27-,28-,29-/m0/s1. The first kappa shape index (κ1) is 43.6. The van der Waals surface area contributed by atoms with E-state index in [-0.39, 0.29) is 44.1 Å². The van der Waals surface area contributed by atoms with Crippen LogP contribution in [0.5, 0.6) is 0 Å². The molecule has 0 radical (unpaired) electrons. The largest absolute Gasteiger partial charge is 0.370 e. The lowest BCUT2D eigenvalue weighted by Crippen LogP contribution is -2.58. The van der Waals surface area contributed by atoms with Gasteiger partial charge in [0, 0.05) is 18.7 Å². The Morgan fingerprint density at radius 1 is 0.755 bits per heavy atom. The van der Waals surface area contributed by atoms with Crippen molar-refractivity contribution in [3.05, 3.63) is 42.5 Å². The second kappa shape index (κ2) is 21.1. The van der Waals surface area contributed by atoms with Crippen molar-refractivity contribution in [1.82, 2.24) is 21.3 Å². The molecule has 0 fully saturated rings. The smallest absolute Gasteiger partial charge is 0.249 e. The predicted molar refractivity (Wildman–Crippen MR) is 202 cm³/mol. The van der Waals surface area contributed by atoms with E-state index in [2.05, 4.69) is 26.3 Å². The van der Waals surface area contributed by atoms with Crippen molar-refractivity contribution in [2.45, 2.75) is 103 Å². The molecule has 0 spiro atoms. The number of carbonyl (C=O) groups is 7. The summed E-state index contributed by atoms with van der Waals surface area (Å²) >= 11 is 0. The Bertz CT molecular complexity index is 1650. The van der Waals surface area contributed by atoms with Gasteiger partial charge in [0.1, 0.15) is 30.5 Å². The number of hydrogen-bond donors (Lipinski definition) is 8. The summed E-state index contributed by atoms with van der Waals surface area (Å²) in [5.74, 6) is -4.02. The van der Waals surface area contributed by atoms with E-state index in [1.165, 1.54) is 25.7 Å². The van der Waals surface area contributed by atoms with E-state index >= 15 is 0 Å². The number of guanidine groups is 1. The highest BCUT2D eigenvalue weighted by Gasteiger charge is 2.32. The fourth-order valence-corrected chi connectivity index (χ4v) is 5.38. The first-order valence-corrected chi connectivity index (χ1v) is 17.5. The van der Waals surface area contributed by atoms with E-state index in [0.717, 1.165) is 10.8 Å². The molecule has 17 nitrogen and oxygen atoms in total. The second-order valence-electron chi connectivity index (χ2n) is 13.4. The van der Waals surface area contributed by atoms with Crippen LogP contribution in [0.3, 0.4) is 0 Å². The quantitative estimate of drug-likeness (QED) is 0.0349. The van der Waals surface area contributed by atoms with E-state index in [9.17, 15) is 33.6 Å². The molecule has 0 aliphatic rings. The van der Waals surface area contributed by atoms with Crippen LogP contribution in [0.1, 0.15) is 66.7 Å². The van der Waals surface area contributed by atoms with Crippen LogP contribution in [0.2, 0.25) is 0 Å². The molecule has 0 aliphatic heterocycles. The number of hydrogen-bond acceptors (Lipinski definition) is 9. The van der Waals surface area contributed by atoms with E-state index in [1.54, 1.807) is 12.1 Å². The topological polar surface area (TPSA) is 287 Å². The number of rotatable bonds is 21. The summed E-state index contributed by atoms with van der Waals surface area (Å²) in [6.45, 7) is 8.23. The van der Waals surface area contributed by atoms with Crippen LogP contribution in [-0.4, -0.2) is 90.5 Å². The monoisotopic (exact) mass is 738 g/mol. The molecular weight excluding hydrogens is 684 g/mol. The summed E-state index contributed by atoms with van der Waals surface area (Å²) in [5.41, 5.74) is 22.2. The maximum absolute atomic E-state index is 14.0. The van der Waals surface area contributed by atoms with Crippen LogP contribution in [0.15, 0.2) is 47.5 Å². The predicted octanol–water partition coefficient (Wildman–Crippen LogP) is -0.568. The van der Waals surface area contributed by atoms with Gasteiger partial charge in [-0.1, -0.05) is 44.2 Å². The van der Waals surface area contributed by atoms with Crippen molar-refractivity contribution in [2.75, 3.05) is 11.4 Å². The molecule has 2 aromatic carbocycles. The van der Waals surface area contributed by atoms with Gasteiger partial charge in [0.15, 0.2) is 5.96 Å². The number of nitrogens with zero attached hydrogens (tertiary/aromatic N) is 2. The maximum atomic E-state index is 14.0. The summed E-state index contributed by atoms with van der Waals surface area (Å²) in [4.78, 5) is 94.7. The highest BCUT2D eigenvalue weighted by molar-refractivity contribution is 6.04. The van der Waals surface area contributed by atoms with Gasteiger partial charge < -0.3 is 53.9 Å². The van der Waals surface area contributed by atoms with Crippen molar-refractivity contribution < 1.29 is 33.6 Å². The highest BCUT2D eigenvalue weighted by atomic mass is 16.2. The summed E-state index contributed by atoms with van der Waals surface area (Å²) in [5, 5.41) is 12.0. The molecule has 2 aromatic rings. The van der Waals surface area contributed by atoms with Gasteiger partial charge >= 0.3 is 0 Å². The number of anilines is 1. The van der Waals surface area contributed by atoms with Crippen LogP contribution >= 0.6 is 0 Å². The fraction of sp³-hybridized carbons (Fsp3) is 0.500. The Hall–Kier alpha value is -5.58. The van der Waals surface area contributed by atoms with Gasteiger partial charge in [-0.3, -0.25) is 33.8 Å². The number of aliphatic imine (C=N–C) groups is 1. The van der Waals surface area contributed by atoms with E-state index < -0.39 is 71.7 Å². The molecule has 0 saturated carbocycles. The van der Waals surface area contributed by atoms with Crippen LogP contribution in [-0.2, 0) is 33.6 Å². The summed E-state index contributed by atoms with van der Waals surface area (Å²) in [6.07, 6.45) is 1.39. The van der Waals surface area contributed by atoms with Gasteiger partial charge in [-0.2, -0.15) is 0 Å². The SMILES string of the molecule is CC(C)C[C@H](NC(=O)[C@H](C)NC(=O)[C@@H](N)CCC(N)=O)C(=O)N[C@@H](C)C(=O)N[C@@H](C)C(=O)N(c1ccc2ccccc2c1)[C@H](C=O)CCCN=C(N)N. The molecule has 0 aliphatic carbocycles. The molecule has 6 atom stereocenters. The minimum absolute atomic E-state index is 0.00209. The zero-order chi connectivity index (χ0) is 39.8. The zero-order valence-electron chi connectivity index (χ0n) is 31.0. The van der Waals surface area contributed by atoms with Gasteiger partial charge in [0.05, 0.1) is 12.1 Å². The van der Waals surface area contributed by atoms with Crippen LogP contribution in [0.4, 0.5) is 5.69 Å². The Balaban J connectivity index is 2.16. The number of aldehydes is 1. The van der Waals surface area contributed by atoms with Crippen LogP contribution in [0, 0.1) is 5.92 Å². The minimum atomic E-state index is -1.14. The molecule has 0 unspecified atom stereocenters. The lowest BCUT2D eigenvalue weighted by Gasteiger charge is -2.31. The van der Waals surface area contributed by atoms with Gasteiger partial charge in [0.2, 0.25) is 35.4 Å².